The van der Waals surface area contributed by atoms with E-state index in [9.17, 15) is 14.4 Å². The van der Waals surface area contributed by atoms with Gasteiger partial charge in [-0.2, -0.15) is 0 Å². The van der Waals surface area contributed by atoms with Crippen LogP contribution in [0.3, 0.4) is 0 Å². The minimum absolute atomic E-state index is 0.120. The predicted molar refractivity (Wildman–Crippen MR) is 195 cm³/mol. The number of benzene rings is 2. The zero-order valence-electron chi connectivity index (χ0n) is 27.8. The minimum atomic E-state index is -0.461. The van der Waals surface area contributed by atoms with Crippen molar-refractivity contribution in [2.75, 3.05) is 25.5 Å². The Morgan fingerprint density at radius 3 is 2.48 bits per heavy atom. The number of rotatable bonds is 6. The number of anilines is 2. The number of halogens is 2. The SMILES string of the molecule is COc1nc(-c2cccc(-c3cccc(Nc4nccc5c4c(=O)n(C)c(=O)n5C)c3Cl)c2Cl)cc2c1[C@@H](N1CC[C@@]3(CCC(=O)N3)C1)CC2. The summed E-state index contributed by atoms with van der Waals surface area (Å²) >= 11 is 14.2. The second kappa shape index (κ2) is 12.3. The van der Waals surface area contributed by atoms with Gasteiger partial charge >= 0.3 is 5.69 Å². The Kier molecular flexibility index (Phi) is 7.97. The first-order chi connectivity index (χ1) is 24.1. The van der Waals surface area contributed by atoms with E-state index in [2.05, 4.69) is 26.6 Å². The normalized spacial score (nSPS) is 20.1. The number of methoxy groups -OCH3 is 1. The number of carbonyl (C=O) groups is 1. The van der Waals surface area contributed by atoms with Gasteiger partial charge in [0.25, 0.3) is 5.56 Å². The third-order valence-electron chi connectivity index (χ3n) is 10.6. The summed E-state index contributed by atoms with van der Waals surface area (Å²) in [5.41, 5.74) is 5.11. The monoisotopic (exact) mass is 711 g/mol. The molecule has 5 aromatic rings. The van der Waals surface area contributed by atoms with E-state index in [1.54, 1.807) is 32.5 Å². The molecule has 1 spiro atoms. The maximum Gasteiger partial charge on any atom is 0.330 e. The molecular formula is C37H35Cl2N7O4. The molecule has 3 aromatic heterocycles. The molecule has 0 radical (unpaired) electrons. The van der Waals surface area contributed by atoms with Crippen LogP contribution in [0.1, 0.15) is 42.9 Å². The number of aromatic nitrogens is 4. The van der Waals surface area contributed by atoms with Gasteiger partial charge in [0.1, 0.15) is 11.2 Å². The quantitative estimate of drug-likeness (QED) is 0.228. The largest absolute Gasteiger partial charge is 0.481 e. The number of likely N-dealkylation sites (tertiary alicyclic amines) is 1. The highest BCUT2D eigenvalue weighted by atomic mass is 35.5. The van der Waals surface area contributed by atoms with Crippen LogP contribution in [0.2, 0.25) is 10.0 Å². The first-order valence-electron chi connectivity index (χ1n) is 16.6. The van der Waals surface area contributed by atoms with Crippen LogP contribution < -0.4 is 26.6 Å². The maximum atomic E-state index is 13.2. The van der Waals surface area contributed by atoms with Gasteiger partial charge in [-0.3, -0.25) is 23.6 Å². The molecular weight excluding hydrogens is 677 g/mol. The molecule has 5 heterocycles. The summed E-state index contributed by atoms with van der Waals surface area (Å²) in [7, 11) is 4.70. The number of hydrogen-bond acceptors (Lipinski definition) is 8. The molecule has 0 saturated carbocycles. The maximum absolute atomic E-state index is 13.2. The Bertz CT molecular complexity index is 2360. The fourth-order valence-electron chi connectivity index (χ4n) is 8.01. The molecule has 0 unspecified atom stereocenters. The van der Waals surface area contributed by atoms with Crippen molar-refractivity contribution >= 4 is 51.5 Å². The number of fused-ring (bicyclic) bond motifs is 2. The highest BCUT2D eigenvalue weighted by Crippen LogP contribution is 2.47. The van der Waals surface area contributed by atoms with E-state index >= 15 is 0 Å². The minimum Gasteiger partial charge on any atom is -0.481 e. The molecule has 2 saturated heterocycles. The summed E-state index contributed by atoms with van der Waals surface area (Å²) in [4.78, 5) is 49.6. The van der Waals surface area contributed by atoms with E-state index in [1.807, 2.05) is 30.3 Å². The predicted octanol–water partition coefficient (Wildman–Crippen LogP) is 5.76. The average molecular weight is 713 g/mol. The van der Waals surface area contributed by atoms with E-state index < -0.39 is 11.2 Å². The molecule has 1 amide bonds. The number of hydrogen-bond donors (Lipinski definition) is 2. The lowest BCUT2D eigenvalue weighted by Crippen LogP contribution is -2.44. The highest BCUT2D eigenvalue weighted by Gasteiger charge is 2.46. The summed E-state index contributed by atoms with van der Waals surface area (Å²) in [6.07, 6.45) is 5.82. The number of nitrogens with zero attached hydrogens (tertiary/aromatic N) is 5. The van der Waals surface area contributed by atoms with Crippen molar-refractivity contribution < 1.29 is 9.53 Å². The fourth-order valence-corrected chi connectivity index (χ4v) is 8.61. The molecule has 50 heavy (non-hydrogen) atoms. The van der Waals surface area contributed by atoms with Gasteiger partial charge in [0.15, 0.2) is 0 Å². The van der Waals surface area contributed by atoms with Crippen LogP contribution in [0.4, 0.5) is 11.5 Å². The molecule has 0 bridgehead atoms. The molecule has 2 N–H and O–H groups in total. The van der Waals surface area contributed by atoms with Crippen LogP contribution in [-0.2, 0) is 25.3 Å². The molecule has 2 aliphatic heterocycles. The lowest BCUT2D eigenvalue weighted by molar-refractivity contribution is -0.119. The van der Waals surface area contributed by atoms with Crippen LogP contribution in [0.25, 0.3) is 33.3 Å². The van der Waals surface area contributed by atoms with Crippen LogP contribution >= 0.6 is 23.2 Å². The number of aryl methyl sites for hydroxylation is 2. The van der Waals surface area contributed by atoms with Crippen LogP contribution in [0, 0.1) is 0 Å². The Hall–Kier alpha value is -4.71. The van der Waals surface area contributed by atoms with E-state index in [0.717, 1.165) is 54.5 Å². The Labute approximate surface area is 297 Å². The second-order valence-electron chi connectivity index (χ2n) is 13.4. The molecule has 2 aromatic carbocycles. The Morgan fingerprint density at radius 1 is 0.960 bits per heavy atom. The molecule has 13 heteroatoms. The fraction of sp³-hybridized carbons (Fsp3) is 0.324. The van der Waals surface area contributed by atoms with Crippen LogP contribution in [0.15, 0.2) is 64.3 Å². The number of pyridine rings is 2. The lowest BCUT2D eigenvalue weighted by Gasteiger charge is -2.28. The van der Waals surface area contributed by atoms with Crippen molar-refractivity contribution in [1.82, 2.24) is 29.3 Å². The van der Waals surface area contributed by atoms with Crippen molar-refractivity contribution in [2.24, 2.45) is 14.1 Å². The third-order valence-corrected chi connectivity index (χ3v) is 11.4. The van der Waals surface area contributed by atoms with Gasteiger partial charge in [0.05, 0.1) is 39.6 Å². The van der Waals surface area contributed by atoms with Gasteiger partial charge in [0.2, 0.25) is 11.8 Å². The van der Waals surface area contributed by atoms with Crippen molar-refractivity contribution in [3.05, 3.63) is 96.7 Å². The van der Waals surface area contributed by atoms with Gasteiger partial charge in [-0.25, -0.2) is 14.8 Å². The number of nitrogens with one attached hydrogen (secondary N) is 2. The molecule has 256 valence electrons. The molecule has 11 nitrogen and oxygen atoms in total. The molecule has 2 fully saturated rings. The summed E-state index contributed by atoms with van der Waals surface area (Å²) in [5, 5.41) is 7.61. The van der Waals surface area contributed by atoms with E-state index in [-0.39, 0.29) is 28.7 Å². The topological polar surface area (TPSA) is 123 Å². The smallest absolute Gasteiger partial charge is 0.330 e. The van der Waals surface area contributed by atoms with Gasteiger partial charge in [-0.15, -0.1) is 0 Å². The Balaban J connectivity index is 1.13. The summed E-state index contributed by atoms with van der Waals surface area (Å²) in [6.45, 7) is 1.76. The number of carbonyl (C=O) groups excluding carboxylic acids is 1. The molecule has 3 aliphatic rings. The summed E-state index contributed by atoms with van der Waals surface area (Å²) in [5.74, 6) is 1.02. The first-order valence-corrected chi connectivity index (χ1v) is 17.4. The van der Waals surface area contributed by atoms with Gasteiger partial charge < -0.3 is 15.4 Å². The number of amides is 1. The van der Waals surface area contributed by atoms with E-state index in [1.165, 1.54) is 17.2 Å². The van der Waals surface area contributed by atoms with Gasteiger partial charge in [0, 0.05) is 68.1 Å². The number of ether oxygens (including phenoxy) is 1. The average Bonchev–Trinajstić information content (AvgIpc) is 3.84. The summed E-state index contributed by atoms with van der Waals surface area (Å²) < 4.78 is 8.39. The van der Waals surface area contributed by atoms with Gasteiger partial charge in [-0.05, 0) is 49.4 Å². The highest BCUT2D eigenvalue weighted by molar-refractivity contribution is 6.39. The molecule has 8 rings (SSSR count). The van der Waals surface area contributed by atoms with Crippen molar-refractivity contribution in [1.29, 1.82) is 0 Å². The zero-order valence-corrected chi connectivity index (χ0v) is 29.4. The van der Waals surface area contributed by atoms with Crippen LogP contribution in [-0.4, -0.2) is 55.6 Å². The third kappa shape index (κ3) is 5.18. The first kappa shape index (κ1) is 32.5. The standard InChI is InChI=1S/C37H35Cl2N7O4/c1-44-26-13-16-40-33(30(26)35(48)45(2)36(44)49)41-24-9-5-7-22(32(24)39)21-6-4-8-23(31(21)38)25-18-20-10-11-27(29(20)34(42-25)50-3)46-17-15-37(19-46)14-12-28(47)43-37/h4-9,13,16,18,27H,10-12,14-15,17,19H2,1-3H3,(H,40,41)(H,43,47)/t27-,37-/m0/s1. The summed E-state index contributed by atoms with van der Waals surface area (Å²) in [6, 6.07) is 15.2. The van der Waals surface area contributed by atoms with Crippen molar-refractivity contribution in [3.63, 3.8) is 0 Å². The lowest BCUT2D eigenvalue weighted by atomic mass is 9.97. The van der Waals surface area contributed by atoms with Gasteiger partial charge in [-0.1, -0.05) is 53.5 Å². The van der Waals surface area contributed by atoms with E-state index in [0.29, 0.717) is 50.4 Å². The van der Waals surface area contributed by atoms with E-state index in [4.69, 9.17) is 32.9 Å². The molecule has 2 atom stereocenters. The second-order valence-corrected chi connectivity index (χ2v) is 14.2. The molecule has 1 aliphatic carbocycles. The van der Waals surface area contributed by atoms with Crippen molar-refractivity contribution in [3.8, 4) is 28.3 Å². The van der Waals surface area contributed by atoms with Crippen LogP contribution in [0.5, 0.6) is 5.88 Å². The Morgan fingerprint density at radius 2 is 1.72 bits per heavy atom. The zero-order chi connectivity index (χ0) is 34.9. The van der Waals surface area contributed by atoms with Crippen molar-refractivity contribution in [2.45, 2.75) is 43.7 Å².